The molecule has 0 spiro atoms. The smallest absolute Gasteiger partial charge is 0.128 e. The average molecular weight is 607 g/mol. The van der Waals surface area contributed by atoms with Crippen molar-refractivity contribution in [3.8, 4) is 16.9 Å². The molecule has 244 valence electrons. The molecule has 0 aliphatic rings. The van der Waals surface area contributed by atoms with Crippen molar-refractivity contribution in [1.29, 1.82) is 0 Å². The van der Waals surface area contributed by atoms with Crippen LogP contribution in [0, 0.1) is 13.8 Å². The van der Waals surface area contributed by atoms with Gasteiger partial charge in [-0.1, -0.05) is 29.8 Å². The average Bonchev–Trinajstić information content (AvgIpc) is 2.99. The van der Waals surface area contributed by atoms with Gasteiger partial charge in [0.15, 0.2) is 0 Å². The van der Waals surface area contributed by atoms with Crippen LogP contribution in [0.2, 0.25) is 0 Å². The number of methoxy groups -OCH3 is 1. The second-order valence-electron chi connectivity index (χ2n) is 11.1. The zero-order valence-corrected chi connectivity index (χ0v) is 27.5. The predicted molar refractivity (Wildman–Crippen MR) is 170 cm³/mol. The molecular weight excluding hydrogens is 550 g/mol. The maximum absolute atomic E-state index is 6.18. The first-order valence-electron chi connectivity index (χ1n) is 15.5. The highest BCUT2D eigenvalue weighted by atomic mass is 16.6. The van der Waals surface area contributed by atoms with E-state index >= 15 is 0 Å². The molecule has 0 saturated carbocycles. The minimum Gasteiger partial charge on any atom is -0.491 e. The highest BCUT2D eigenvalue weighted by Gasteiger charge is 2.18. The summed E-state index contributed by atoms with van der Waals surface area (Å²) in [5, 5.41) is 0. The Bertz CT molecular complexity index is 1000. The molecule has 9 nitrogen and oxygen atoms in total. The van der Waals surface area contributed by atoms with E-state index in [4.69, 9.17) is 37.9 Å². The van der Waals surface area contributed by atoms with E-state index in [1.807, 2.05) is 0 Å². The van der Waals surface area contributed by atoms with Crippen molar-refractivity contribution in [1.82, 2.24) is 0 Å². The van der Waals surface area contributed by atoms with Crippen molar-refractivity contribution in [2.24, 2.45) is 0 Å². The molecule has 0 heterocycles. The monoisotopic (exact) mass is 606 g/mol. The first kappa shape index (κ1) is 37.1. The highest BCUT2D eigenvalue weighted by Crippen LogP contribution is 2.31. The molecule has 0 fully saturated rings. The zero-order valence-electron chi connectivity index (χ0n) is 27.5. The molecule has 0 bridgehead atoms. The van der Waals surface area contributed by atoms with Gasteiger partial charge in [0.1, 0.15) is 18.9 Å². The molecule has 0 unspecified atom stereocenters. The Kier molecular flexibility index (Phi) is 19.4. The van der Waals surface area contributed by atoms with E-state index in [9.17, 15) is 0 Å². The molecule has 0 radical (unpaired) electrons. The van der Waals surface area contributed by atoms with Gasteiger partial charge in [-0.2, -0.15) is 0 Å². The van der Waals surface area contributed by atoms with Gasteiger partial charge in [-0.25, -0.2) is 0 Å². The van der Waals surface area contributed by atoms with Crippen LogP contribution in [0.25, 0.3) is 11.1 Å². The molecular formula is C34H56NO8+. The second-order valence-corrected chi connectivity index (χ2v) is 11.1. The summed E-state index contributed by atoms with van der Waals surface area (Å²) in [4.78, 5) is 0. The fourth-order valence-corrected chi connectivity index (χ4v) is 4.19. The number of benzene rings is 2. The van der Waals surface area contributed by atoms with Gasteiger partial charge in [-0.05, 0) is 49.6 Å². The lowest BCUT2D eigenvalue weighted by Crippen LogP contribution is -2.38. The molecule has 43 heavy (non-hydrogen) atoms. The summed E-state index contributed by atoms with van der Waals surface area (Å²) in [6.45, 7) is 16.0. The van der Waals surface area contributed by atoms with Crippen molar-refractivity contribution < 1.29 is 42.4 Å². The standard InChI is InChI=1S/C34H56NO8/c1-7-35(4,5)28-32-27-31(33-26-29(2)8-9-30(33)3)10-11-34(32)43-25-24-42-23-22-41-21-20-40-19-18-39-17-16-38-15-14-37-13-12-36-6/h8-11,26-27H,7,12-25,28H2,1-6H3/q+1. The van der Waals surface area contributed by atoms with E-state index in [1.54, 1.807) is 7.11 Å². The molecule has 2 aromatic carbocycles. The minimum absolute atomic E-state index is 0.492. The Morgan fingerprint density at radius 3 is 1.56 bits per heavy atom. The maximum atomic E-state index is 6.18. The zero-order chi connectivity index (χ0) is 31.2. The SMILES string of the molecule is CC[N+](C)(C)Cc1cc(-c2cc(C)ccc2C)ccc1OCCOCCOCCOCCOCCOCCOCCOC. The van der Waals surface area contributed by atoms with Crippen LogP contribution < -0.4 is 4.74 Å². The van der Waals surface area contributed by atoms with Gasteiger partial charge >= 0.3 is 0 Å². The third kappa shape index (κ3) is 16.5. The Balaban J connectivity index is 1.55. The number of hydrogen-bond acceptors (Lipinski definition) is 8. The minimum atomic E-state index is 0.492. The van der Waals surface area contributed by atoms with Crippen LogP contribution in [0.3, 0.4) is 0 Å². The summed E-state index contributed by atoms with van der Waals surface area (Å²) in [7, 11) is 6.15. The van der Waals surface area contributed by atoms with Gasteiger partial charge in [0, 0.05) is 12.7 Å². The molecule has 0 amide bonds. The fraction of sp³-hybridized carbons (Fsp3) is 0.647. The van der Waals surface area contributed by atoms with E-state index in [2.05, 4.69) is 71.3 Å². The number of ether oxygens (including phenoxy) is 8. The second kappa shape index (κ2) is 22.4. The fourth-order valence-electron chi connectivity index (χ4n) is 4.19. The number of nitrogens with zero attached hydrogens (tertiary/aromatic N) is 1. The van der Waals surface area contributed by atoms with Crippen LogP contribution in [0.1, 0.15) is 23.6 Å². The normalized spacial score (nSPS) is 11.8. The largest absolute Gasteiger partial charge is 0.491 e. The molecule has 0 N–H and O–H groups in total. The molecule has 0 atom stereocenters. The van der Waals surface area contributed by atoms with Crippen molar-refractivity contribution in [2.75, 3.05) is 120 Å². The Hall–Kier alpha value is -2.08. The molecule has 0 saturated heterocycles. The van der Waals surface area contributed by atoms with Crippen LogP contribution in [-0.2, 0) is 39.7 Å². The van der Waals surface area contributed by atoms with Crippen LogP contribution in [0.5, 0.6) is 5.75 Å². The van der Waals surface area contributed by atoms with E-state index in [0.717, 1.165) is 23.3 Å². The number of rotatable bonds is 26. The van der Waals surface area contributed by atoms with Gasteiger partial charge in [0.2, 0.25) is 0 Å². The summed E-state index contributed by atoms with van der Waals surface area (Å²) < 4.78 is 45.0. The van der Waals surface area contributed by atoms with Crippen molar-refractivity contribution in [2.45, 2.75) is 27.3 Å². The molecule has 2 rings (SSSR count). The molecule has 0 aromatic heterocycles. The molecule has 0 aliphatic carbocycles. The van der Waals surface area contributed by atoms with Crippen molar-refractivity contribution in [3.63, 3.8) is 0 Å². The highest BCUT2D eigenvalue weighted by molar-refractivity contribution is 5.69. The quantitative estimate of drug-likeness (QED) is 0.113. The van der Waals surface area contributed by atoms with Gasteiger partial charge < -0.3 is 42.4 Å². The van der Waals surface area contributed by atoms with Gasteiger partial charge in [-0.3, -0.25) is 0 Å². The van der Waals surface area contributed by atoms with Crippen molar-refractivity contribution >= 4 is 0 Å². The number of hydrogen-bond donors (Lipinski definition) is 0. The van der Waals surface area contributed by atoms with Gasteiger partial charge in [-0.15, -0.1) is 0 Å². The first-order valence-corrected chi connectivity index (χ1v) is 15.5. The summed E-state index contributed by atoms with van der Waals surface area (Å²) in [5.41, 5.74) is 6.26. The summed E-state index contributed by atoms with van der Waals surface area (Å²) in [6.07, 6.45) is 0. The maximum Gasteiger partial charge on any atom is 0.128 e. The Morgan fingerprint density at radius 2 is 1.07 bits per heavy atom. The summed E-state index contributed by atoms with van der Waals surface area (Å²) in [6, 6.07) is 13.2. The van der Waals surface area contributed by atoms with E-state index < -0.39 is 0 Å². The molecule has 9 heteroatoms. The van der Waals surface area contributed by atoms with Crippen LogP contribution in [-0.4, -0.2) is 125 Å². The summed E-state index contributed by atoms with van der Waals surface area (Å²) >= 11 is 0. The van der Waals surface area contributed by atoms with E-state index in [0.29, 0.717) is 92.5 Å². The van der Waals surface area contributed by atoms with E-state index in [1.165, 1.54) is 27.8 Å². The van der Waals surface area contributed by atoms with Gasteiger partial charge in [0.05, 0.1) is 107 Å². The number of quaternary nitrogens is 1. The lowest BCUT2D eigenvalue weighted by atomic mass is 9.96. The van der Waals surface area contributed by atoms with Crippen LogP contribution in [0.15, 0.2) is 36.4 Å². The molecule has 2 aromatic rings. The lowest BCUT2D eigenvalue weighted by Gasteiger charge is -2.29. The number of aryl methyl sites for hydroxylation is 2. The topological polar surface area (TPSA) is 73.8 Å². The van der Waals surface area contributed by atoms with Crippen LogP contribution in [0.4, 0.5) is 0 Å². The van der Waals surface area contributed by atoms with Gasteiger partial charge in [0.25, 0.3) is 0 Å². The van der Waals surface area contributed by atoms with Crippen molar-refractivity contribution in [3.05, 3.63) is 53.1 Å². The van der Waals surface area contributed by atoms with E-state index in [-0.39, 0.29) is 0 Å². The lowest BCUT2D eigenvalue weighted by molar-refractivity contribution is -0.901. The third-order valence-electron chi connectivity index (χ3n) is 7.00. The predicted octanol–water partition coefficient (Wildman–Crippen LogP) is 4.69. The van der Waals surface area contributed by atoms with Crippen LogP contribution >= 0.6 is 0 Å². The Labute approximate surface area is 259 Å². The Morgan fingerprint density at radius 1 is 0.581 bits per heavy atom. The molecule has 0 aliphatic heterocycles. The summed E-state index contributed by atoms with van der Waals surface area (Å²) in [5.74, 6) is 0.922. The third-order valence-corrected chi connectivity index (χ3v) is 7.00. The first-order chi connectivity index (χ1) is 20.9.